The second-order valence-electron chi connectivity index (χ2n) is 9.15. The maximum absolute atomic E-state index is 13.5. The van der Waals surface area contributed by atoms with E-state index >= 15 is 0 Å². The second-order valence-corrected chi connectivity index (χ2v) is 11.8. The molecule has 182 valence electrons. The van der Waals surface area contributed by atoms with Crippen LogP contribution in [0.15, 0.2) is 23.1 Å². The normalized spacial score (nSPS) is 25.5. The van der Waals surface area contributed by atoms with Gasteiger partial charge in [-0.2, -0.15) is 0 Å². The van der Waals surface area contributed by atoms with Crippen molar-refractivity contribution < 1.29 is 26.8 Å². The van der Waals surface area contributed by atoms with Crippen LogP contribution in [0.5, 0.6) is 0 Å². The Kier molecular flexibility index (Phi) is 6.61. The fourth-order valence-corrected chi connectivity index (χ4v) is 7.38. The molecule has 3 aliphatic rings. The number of amides is 2. The molecule has 3 fully saturated rings. The van der Waals surface area contributed by atoms with Gasteiger partial charge in [0, 0.05) is 57.7 Å². The molecule has 2 heterocycles. The van der Waals surface area contributed by atoms with E-state index in [-0.39, 0.29) is 41.1 Å². The van der Waals surface area contributed by atoms with Crippen LogP contribution in [0.1, 0.15) is 32.6 Å². The number of rotatable bonds is 4. The van der Waals surface area contributed by atoms with Gasteiger partial charge in [0.15, 0.2) is 9.84 Å². The van der Waals surface area contributed by atoms with Crippen LogP contribution in [0.4, 0.5) is 14.5 Å². The summed E-state index contributed by atoms with van der Waals surface area (Å²) in [5.74, 6) is -3.78. The van der Waals surface area contributed by atoms with Gasteiger partial charge < -0.3 is 14.7 Å². The highest BCUT2D eigenvalue weighted by Crippen LogP contribution is 2.39. The minimum Gasteiger partial charge on any atom is -0.368 e. The fourth-order valence-electron chi connectivity index (χ4n) is 5.00. The first-order valence-corrected chi connectivity index (χ1v) is 13.1. The zero-order valence-corrected chi connectivity index (χ0v) is 20.0. The maximum atomic E-state index is 13.5. The first kappa shape index (κ1) is 24.2. The van der Waals surface area contributed by atoms with Crippen LogP contribution in [0.25, 0.3) is 0 Å². The number of piperazine rings is 1. The van der Waals surface area contributed by atoms with E-state index in [9.17, 15) is 26.8 Å². The van der Waals surface area contributed by atoms with Crippen LogP contribution in [0, 0.1) is 5.92 Å². The van der Waals surface area contributed by atoms with Crippen LogP contribution in [0.3, 0.4) is 0 Å². The molecule has 2 saturated heterocycles. The molecule has 0 aromatic heterocycles. The third kappa shape index (κ3) is 4.96. The Morgan fingerprint density at radius 2 is 1.76 bits per heavy atom. The Balaban J connectivity index is 1.42. The first-order chi connectivity index (χ1) is 15.5. The minimum absolute atomic E-state index is 0.00766. The lowest BCUT2D eigenvalue weighted by molar-refractivity contribution is -0.135. The highest BCUT2D eigenvalue weighted by Gasteiger charge is 2.45. The van der Waals surface area contributed by atoms with E-state index in [1.807, 2.05) is 0 Å². The van der Waals surface area contributed by atoms with Crippen molar-refractivity contribution in [2.75, 3.05) is 44.2 Å². The molecule has 7 nitrogen and oxygen atoms in total. The van der Waals surface area contributed by atoms with Crippen molar-refractivity contribution >= 4 is 38.9 Å². The summed E-state index contributed by atoms with van der Waals surface area (Å²) in [6.07, 6.45) is 0.433. The average Bonchev–Trinajstić information content (AvgIpc) is 3.40. The van der Waals surface area contributed by atoms with Gasteiger partial charge in [-0.25, -0.2) is 17.2 Å². The maximum Gasteiger partial charge on any atom is 0.267 e. The molecule has 1 saturated carbocycles. The molecule has 1 aromatic rings. The fraction of sp³-hybridized carbons (Fsp3) is 0.636. The molecule has 0 N–H and O–H groups in total. The van der Waals surface area contributed by atoms with Crippen LogP contribution in [-0.4, -0.2) is 80.5 Å². The van der Waals surface area contributed by atoms with Crippen molar-refractivity contribution in [2.45, 2.75) is 48.7 Å². The lowest BCUT2D eigenvalue weighted by atomic mass is 10.1. The molecule has 33 heavy (non-hydrogen) atoms. The van der Waals surface area contributed by atoms with Crippen molar-refractivity contribution in [1.82, 2.24) is 9.80 Å². The highest BCUT2D eigenvalue weighted by atomic mass is 35.5. The van der Waals surface area contributed by atoms with Crippen molar-refractivity contribution in [3.05, 3.63) is 23.2 Å². The van der Waals surface area contributed by atoms with Gasteiger partial charge in [0.1, 0.15) is 0 Å². The molecule has 0 radical (unpaired) electrons. The van der Waals surface area contributed by atoms with E-state index in [2.05, 4.69) is 4.90 Å². The number of likely N-dealkylation sites (tertiary alicyclic amines) is 1. The zero-order valence-electron chi connectivity index (χ0n) is 18.5. The molecule has 0 bridgehead atoms. The number of benzene rings is 1. The number of halogens is 3. The summed E-state index contributed by atoms with van der Waals surface area (Å²) in [6.45, 7) is 3.39. The topological polar surface area (TPSA) is 78.0 Å². The van der Waals surface area contributed by atoms with E-state index in [1.165, 1.54) is 13.0 Å². The molecule has 4 rings (SSSR count). The summed E-state index contributed by atoms with van der Waals surface area (Å²) >= 11 is 6.40. The van der Waals surface area contributed by atoms with E-state index < -0.39 is 33.5 Å². The molecule has 1 aromatic carbocycles. The molecule has 0 unspecified atom stereocenters. The van der Waals surface area contributed by atoms with Gasteiger partial charge in [-0.15, -0.1) is 0 Å². The molecule has 2 aliphatic heterocycles. The van der Waals surface area contributed by atoms with Gasteiger partial charge >= 0.3 is 0 Å². The summed E-state index contributed by atoms with van der Waals surface area (Å²) in [4.78, 5) is 29.1. The number of hydrogen-bond acceptors (Lipinski definition) is 5. The van der Waals surface area contributed by atoms with Crippen LogP contribution in [-0.2, 0) is 19.4 Å². The predicted octanol–water partition coefficient (Wildman–Crippen LogP) is 2.82. The third-order valence-electron chi connectivity index (χ3n) is 6.97. The Morgan fingerprint density at radius 3 is 2.33 bits per heavy atom. The molecule has 0 spiro atoms. The summed E-state index contributed by atoms with van der Waals surface area (Å²) in [7, 11) is -3.77. The van der Waals surface area contributed by atoms with Crippen LogP contribution < -0.4 is 4.90 Å². The van der Waals surface area contributed by atoms with Gasteiger partial charge in [-0.1, -0.05) is 11.6 Å². The average molecular weight is 504 g/mol. The first-order valence-electron chi connectivity index (χ1n) is 11.2. The van der Waals surface area contributed by atoms with Gasteiger partial charge in [-0.05, 0) is 37.5 Å². The number of nitrogens with zero attached hydrogens (tertiary/aromatic N) is 3. The van der Waals surface area contributed by atoms with Crippen LogP contribution >= 0.6 is 11.6 Å². The Hall–Kier alpha value is -1.94. The van der Waals surface area contributed by atoms with Gasteiger partial charge in [-0.3, -0.25) is 9.59 Å². The summed E-state index contributed by atoms with van der Waals surface area (Å²) < 4.78 is 53.5. The highest BCUT2D eigenvalue weighted by molar-refractivity contribution is 7.92. The quantitative estimate of drug-likeness (QED) is 0.631. The number of sulfone groups is 1. The van der Waals surface area contributed by atoms with Gasteiger partial charge in [0.25, 0.3) is 5.92 Å². The molecular formula is C22H28ClF2N3O4S. The lowest BCUT2D eigenvalue weighted by Crippen LogP contribution is -2.48. The number of carbonyl (C=O) groups is 2. The standard InChI is InChI=1S/C22H28ClF2N3O4S/c1-15(29)26-8-10-27(11-9-26)17-3-5-20(19(23)13-17)33(31,32)18-4-2-16(12-18)21(30)28-7-6-22(24,25)14-28/h3,5,13,16,18H,2,4,6-12,14H2,1H3/t16-,18+/m1/s1. The van der Waals surface area contributed by atoms with Crippen molar-refractivity contribution in [1.29, 1.82) is 0 Å². The SMILES string of the molecule is CC(=O)N1CCN(c2ccc(S(=O)(=O)[C@H]3CC[C@@H](C(=O)N4CCC(F)(F)C4)C3)c(Cl)c2)CC1. The Morgan fingerprint density at radius 1 is 1.06 bits per heavy atom. The Bertz CT molecular complexity index is 1040. The molecular weight excluding hydrogens is 476 g/mol. The zero-order chi connectivity index (χ0) is 24.0. The number of alkyl halides is 2. The molecule has 1 aliphatic carbocycles. The van der Waals surface area contributed by atoms with Gasteiger partial charge in [0.2, 0.25) is 11.8 Å². The van der Waals surface area contributed by atoms with Gasteiger partial charge in [0.05, 0.1) is 21.7 Å². The molecule has 2 amide bonds. The van der Waals surface area contributed by atoms with Crippen molar-refractivity contribution in [2.24, 2.45) is 5.92 Å². The minimum atomic E-state index is -3.77. The number of carbonyl (C=O) groups excluding carboxylic acids is 2. The summed E-state index contributed by atoms with van der Waals surface area (Å²) in [5, 5.41) is -0.646. The second kappa shape index (κ2) is 9.02. The smallest absolute Gasteiger partial charge is 0.267 e. The Labute approximate surface area is 197 Å². The molecule has 2 atom stereocenters. The largest absolute Gasteiger partial charge is 0.368 e. The summed E-state index contributed by atoms with van der Waals surface area (Å²) in [5.41, 5.74) is 0.789. The van der Waals surface area contributed by atoms with E-state index in [1.54, 1.807) is 17.0 Å². The lowest BCUT2D eigenvalue weighted by Gasteiger charge is -2.35. The van der Waals surface area contributed by atoms with E-state index in [0.29, 0.717) is 39.0 Å². The van der Waals surface area contributed by atoms with Crippen LogP contribution in [0.2, 0.25) is 5.02 Å². The van der Waals surface area contributed by atoms with E-state index in [0.717, 1.165) is 10.6 Å². The van der Waals surface area contributed by atoms with E-state index in [4.69, 9.17) is 11.6 Å². The number of hydrogen-bond donors (Lipinski definition) is 0. The summed E-state index contributed by atoms with van der Waals surface area (Å²) in [6, 6.07) is 4.84. The predicted molar refractivity (Wildman–Crippen MR) is 120 cm³/mol. The third-order valence-corrected chi connectivity index (χ3v) is 9.67. The number of anilines is 1. The van der Waals surface area contributed by atoms with Crippen molar-refractivity contribution in [3.8, 4) is 0 Å². The monoisotopic (exact) mass is 503 g/mol. The van der Waals surface area contributed by atoms with Crippen molar-refractivity contribution in [3.63, 3.8) is 0 Å². The molecule has 11 heteroatoms.